The summed E-state index contributed by atoms with van der Waals surface area (Å²) in [5, 5.41) is 2.81. The van der Waals surface area contributed by atoms with Crippen LogP contribution in [0.1, 0.15) is 20.7 Å². The quantitative estimate of drug-likeness (QED) is 0.513. The zero-order chi connectivity index (χ0) is 17.8. The highest BCUT2D eigenvalue weighted by Crippen LogP contribution is 2.31. The van der Waals surface area contributed by atoms with Crippen molar-refractivity contribution in [3.8, 4) is 0 Å². The number of hydrogen-bond donors (Lipinski definition) is 0. The Morgan fingerprint density at radius 1 is 1.12 bits per heavy atom. The Labute approximate surface area is 148 Å². The SMILES string of the molecule is CN1C(C(=O)c2ccc3sccc3c2)C(=O)c2ccccc2S1(=O)=O. The third kappa shape index (κ3) is 2.35. The van der Waals surface area contributed by atoms with E-state index in [1.54, 1.807) is 35.6 Å². The van der Waals surface area contributed by atoms with Crippen molar-refractivity contribution in [3.05, 3.63) is 65.0 Å². The molecule has 0 saturated heterocycles. The molecule has 25 heavy (non-hydrogen) atoms. The number of rotatable bonds is 2. The Bertz CT molecular complexity index is 1130. The van der Waals surface area contributed by atoms with Crippen LogP contribution in [0.3, 0.4) is 0 Å². The van der Waals surface area contributed by atoms with E-state index < -0.39 is 27.6 Å². The summed E-state index contributed by atoms with van der Waals surface area (Å²) in [4.78, 5) is 25.7. The molecule has 4 rings (SSSR count). The molecule has 0 fully saturated rings. The number of ketones is 2. The number of thiophene rings is 1. The summed E-state index contributed by atoms with van der Waals surface area (Å²) in [5.41, 5.74) is 0.390. The van der Waals surface area contributed by atoms with Crippen molar-refractivity contribution in [2.75, 3.05) is 7.05 Å². The summed E-state index contributed by atoms with van der Waals surface area (Å²) in [6.45, 7) is 0. The Kier molecular flexibility index (Phi) is 3.61. The lowest BCUT2D eigenvalue weighted by molar-refractivity contribution is 0.0784. The van der Waals surface area contributed by atoms with Crippen LogP contribution in [-0.2, 0) is 10.0 Å². The maximum Gasteiger partial charge on any atom is 0.244 e. The number of Topliss-reactive ketones (excluding diaryl/α,β-unsaturated/α-hetero) is 2. The van der Waals surface area contributed by atoms with Crippen LogP contribution in [0, 0.1) is 0 Å². The van der Waals surface area contributed by atoms with Crippen molar-refractivity contribution in [2.45, 2.75) is 10.9 Å². The molecule has 3 aromatic rings. The number of carbonyl (C=O) groups excluding carboxylic acids is 2. The fourth-order valence-corrected chi connectivity index (χ4v) is 5.31. The van der Waals surface area contributed by atoms with Gasteiger partial charge in [0.25, 0.3) is 0 Å². The minimum atomic E-state index is -3.89. The molecule has 0 aliphatic carbocycles. The van der Waals surface area contributed by atoms with Gasteiger partial charge in [-0.3, -0.25) is 9.59 Å². The molecule has 5 nitrogen and oxygen atoms in total. The molecule has 0 bridgehead atoms. The van der Waals surface area contributed by atoms with Gasteiger partial charge in [0.1, 0.15) is 0 Å². The normalized spacial score (nSPS) is 19.7. The second-order valence-electron chi connectivity index (χ2n) is 5.82. The van der Waals surface area contributed by atoms with Gasteiger partial charge in [-0.2, -0.15) is 4.31 Å². The molecule has 1 atom stereocenters. The van der Waals surface area contributed by atoms with Crippen molar-refractivity contribution in [1.82, 2.24) is 4.31 Å². The lowest BCUT2D eigenvalue weighted by Crippen LogP contribution is -2.51. The van der Waals surface area contributed by atoms with Crippen LogP contribution in [-0.4, -0.2) is 37.4 Å². The zero-order valence-corrected chi connectivity index (χ0v) is 14.8. The number of hydrogen-bond acceptors (Lipinski definition) is 5. The van der Waals surface area contributed by atoms with E-state index in [1.165, 1.54) is 19.2 Å². The fraction of sp³-hybridized carbons (Fsp3) is 0.111. The van der Waals surface area contributed by atoms with Crippen molar-refractivity contribution in [2.24, 2.45) is 0 Å². The van der Waals surface area contributed by atoms with Crippen LogP contribution in [0.15, 0.2) is 58.8 Å². The van der Waals surface area contributed by atoms with E-state index in [4.69, 9.17) is 0 Å². The van der Waals surface area contributed by atoms with Gasteiger partial charge in [-0.25, -0.2) is 8.42 Å². The summed E-state index contributed by atoms with van der Waals surface area (Å²) in [6, 6.07) is 11.6. The number of likely N-dealkylation sites (N-methyl/N-ethyl adjacent to an activating group) is 1. The molecule has 0 spiro atoms. The van der Waals surface area contributed by atoms with Gasteiger partial charge in [-0.1, -0.05) is 12.1 Å². The smallest absolute Gasteiger partial charge is 0.244 e. The van der Waals surface area contributed by atoms with Gasteiger partial charge in [0.2, 0.25) is 10.0 Å². The third-order valence-corrected chi connectivity index (χ3v) is 7.19. The molecular weight excluding hydrogens is 358 g/mol. The summed E-state index contributed by atoms with van der Waals surface area (Å²) < 4.78 is 27.3. The lowest BCUT2D eigenvalue weighted by Gasteiger charge is -2.31. The standard InChI is InChI=1S/C18H13NO4S2/c1-19-16(17(20)12-6-7-14-11(10-12)8-9-24-14)18(21)13-4-2-3-5-15(13)25(19,22)23/h2-10,16H,1H3. The maximum absolute atomic E-state index is 13.0. The zero-order valence-electron chi connectivity index (χ0n) is 13.2. The third-order valence-electron chi connectivity index (χ3n) is 4.41. The van der Waals surface area contributed by atoms with Gasteiger partial charge >= 0.3 is 0 Å². The Morgan fingerprint density at radius 3 is 2.68 bits per heavy atom. The molecular formula is C18H13NO4S2. The van der Waals surface area contributed by atoms with Crippen LogP contribution in [0.5, 0.6) is 0 Å². The number of carbonyl (C=O) groups is 2. The summed E-state index contributed by atoms with van der Waals surface area (Å²) >= 11 is 1.55. The van der Waals surface area contributed by atoms with Crippen LogP contribution < -0.4 is 0 Å². The maximum atomic E-state index is 13.0. The predicted octanol–water partition coefficient (Wildman–Crippen LogP) is 2.97. The topological polar surface area (TPSA) is 71.5 Å². The first-order valence-electron chi connectivity index (χ1n) is 7.54. The fourth-order valence-electron chi connectivity index (χ4n) is 3.06. The molecule has 126 valence electrons. The number of fused-ring (bicyclic) bond motifs is 2. The van der Waals surface area contributed by atoms with Crippen molar-refractivity contribution < 1.29 is 18.0 Å². The lowest BCUT2D eigenvalue weighted by atomic mass is 9.95. The molecule has 1 aromatic heterocycles. The highest BCUT2D eigenvalue weighted by Gasteiger charge is 2.45. The van der Waals surface area contributed by atoms with Crippen LogP contribution in [0.4, 0.5) is 0 Å². The van der Waals surface area contributed by atoms with Crippen LogP contribution in [0.2, 0.25) is 0 Å². The highest BCUT2D eigenvalue weighted by molar-refractivity contribution is 7.89. The average Bonchev–Trinajstić information content (AvgIpc) is 3.08. The van der Waals surface area contributed by atoms with E-state index in [0.29, 0.717) is 5.56 Å². The van der Waals surface area contributed by atoms with E-state index in [1.807, 2.05) is 17.5 Å². The van der Waals surface area contributed by atoms with Gasteiger partial charge in [0.15, 0.2) is 17.6 Å². The first-order chi connectivity index (χ1) is 11.9. The van der Waals surface area contributed by atoms with E-state index in [2.05, 4.69) is 0 Å². The largest absolute Gasteiger partial charge is 0.292 e. The number of benzene rings is 2. The summed E-state index contributed by atoms with van der Waals surface area (Å²) in [5.74, 6) is -1.01. The van der Waals surface area contributed by atoms with Gasteiger partial charge in [-0.15, -0.1) is 11.3 Å². The van der Waals surface area contributed by atoms with Gasteiger partial charge in [-0.05, 0) is 47.2 Å². The van der Waals surface area contributed by atoms with Crippen LogP contribution >= 0.6 is 11.3 Å². The average molecular weight is 371 g/mol. The Morgan fingerprint density at radius 2 is 1.88 bits per heavy atom. The van der Waals surface area contributed by atoms with E-state index in [0.717, 1.165) is 14.4 Å². The molecule has 0 saturated carbocycles. The molecule has 2 heterocycles. The first kappa shape index (κ1) is 16.1. The van der Waals surface area contributed by atoms with Gasteiger partial charge in [0.05, 0.1) is 4.90 Å². The Hall–Kier alpha value is -2.35. The van der Waals surface area contributed by atoms with Crippen molar-refractivity contribution in [1.29, 1.82) is 0 Å². The summed E-state index contributed by atoms with van der Waals surface area (Å²) in [7, 11) is -2.62. The minimum absolute atomic E-state index is 0.0557. The molecule has 0 amide bonds. The van der Waals surface area contributed by atoms with Crippen LogP contribution in [0.25, 0.3) is 10.1 Å². The monoisotopic (exact) mass is 371 g/mol. The van der Waals surface area contributed by atoms with E-state index in [9.17, 15) is 18.0 Å². The molecule has 1 unspecified atom stereocenters. The summed E-state index contributed by atoms with van der Waals surface area (Å²) in [6.07, 6.45) is 0. The molecule has 7 heteroatoms. The second kappa shape index (κ2) is 5.59. The Balaban J connectivity index is 1.84. The predicted molar refractivity (Wildman–Crippen MR) is 95.7 cm³/mol. The molecule has 1 aliphatic rings. The number of sulfonamides is 1. The van der Waals surface area contributed by atoms with Crippen molar-refractivity contribution >= 4 is 43.0 Å². The second-order valence-corrected chi connectivity index (χ2v) is 8.74. The van der Waals surface area contributed by atoms with E-state index in [-0.39, 0.29) is 10.5 Å². The van der Waals surface area contributed by atoms with Gasteiger partial charge < -0.3 is 0 Å². The molecule has 2 aromatic carbocycles. The van der Waals surface area contributed by atoms with Crippen molar-refractivity contribution in [3.63, 3.8) is 0 Å². The molecule has 0 radical (unpaired) electrons. The van der Waals surface area contributed by atoms with Gasteiger partial charge in [0, 0.05) is 22.9 Å². The first-order valence-corrected chi connectivity index (χ1v) is 9.86. The minimum Gasteiger partial charge on any atom is -0.292 e. The number of nitrogens with zero attached hydrogens (tertiary/aromatic N) is 1. The highest BCUT2D eigenvalue weighted by atomic mass is 32.2. The molecule has 1 aliphatic heterocycles. The van der Waals surface area contributed by atoms with E-state index >= 15 is 0 Å². The molecule has 0 N–H and O–H groups in total.